The van der Waals surface area contributed by atoms with Crippen LogP contribution in [0.15, 0.2) is 18.2 Å². The van der Waals surface area contributed by atoms with Gasteiger partial charge in [-0.1, -0.05) is 19.4 Å². The lowest BCUT2D eigenvalue weighted by molar-refractivity contribution is -0.128. The number of hydrogen-bond acceptors (Lipinski definition) is 4. The summed E-state index contributed by atoms with van der Waals surface area (Å²) in [5, 5.41) is 2.71. The van der Waals surface area contributed by atoms with Gasteiger partial charge in [0.25, 0.3) is 5.91 Å². The van der Waals surface area contributed by atoms with Gasteiger partial charge in [-0.3, -0.25) is 9.69 Å². The molecule has 2 aliphatic rings. The van der Waals surface area contributed by atoms with Gasteiger partial charge < -0.3 is 14.8 Å². The highest BCUT2D eigenvalue weighted by Gasteiger charge is 2.37. The molecule has 2 heterocycles. The molecule has 106 valence electrons. The van der Waals surface area contributed by atoms with Crippen LogP contribution in [0.2, 0.25) is 0 Å². The number of imide groups is 1. The molecular weight excluding hydrogens is 260 g/mol. The topological polar surface area (TPSA) is 67.9 Å². The molecule has 3 rings (SSSR count). The van der Waals surface area contributed by atoms with Crippen LogP contribution in [0.4, 0.5) is 4.79 Å². The second kappa shape index (κ2) is 5.03. The molecule has 0 spiro atoms. The number of benzene rings is 1. The van der Waals surface area contributed by atoms with Gasteiger partial charge in [0, 0.05) is 0 Å². The molecule has 3 amide bonds. The summed E-state index contributed by atoms with van der Waals surface area (Å²) in [5.74, 6) is 1.18. The molecule has 1 fully saturated rings. The summed E-state index contributed by atoms with van der Waals surface area (Å²) in [6, 6.07) is 4.71. The summed E-state index contributed by atoms with van der Waals surface area (Å²) in [6.45, 7) is 2.45. The fourth-order valence-electron chi connectivity index (χ4n) is 2.43. The van der Waals surface area contributed by atoms with Crippen LogP contribution < -0.4 is 14.8 Å². The molecule has 0 radical (unpaired) electrons. The van der Waals surface area contributed by atoms with Gasteiger partial charge in [-0.15, -0.1) is 0 Å². The van der Waals surface area contributed by atoms with Crippen LogP contribution in [0.25, 0.3) is 0 Å². The van der Waals surface area contributed by atoms with Gasteiger partial charge >= 0.3 is 6.03 Å². The summed E-state index contributed by atoms with van der Waals surface area (Å²) < 4.78 is 10.5. The molecule has 1 unspecified atom stereocenters. The maximum Gasteiger partial charge on any atom is 0.325 e. The van der Waals surface area contributed by atoms with Crippen LogP contribution in [-0.4, -0.2) is 29.7 Å². The van der Waals surface area contributed by atoms with Crippen molar-refractivity contribution in [1.29, 1.82) is 0 Å². The smallest absolute Gasteiger partial charge is 0.325 e. The number of urea groups is 1. The molecular formula is C14H16N2O4. The van der Waals surface area contributed by atoms with Crippen LogP contribution >= 0.6 is 0 Å². The first-order valence-electron chi connectivity index (χ1n) is 6.69. The van der Waals surface area contributed by atoms with Crippen LogP contribution in [0, 0.1) is 0 Å². The van der Waals surface area contributed by atoms with Crippen LogP contribution in [-0.2, 0) is 11.3 Å². The molecule has 1 atom stereocenters. The molecule has 2 aliphatic heterocycles. The van der Waals surface area contributed by atoms with Crippen molar-refractivity contribution < 1.29 is 19.1 Å². The Labute approximate surface area is 116 Å². The number of rotatable bonds is 4. The Kier molecular flexibility index (Phi) is 3.22. The fourth-order valence-corrected chi connectivity index (χ4v) is 2.43. The van der Waals surface area contributed by atoms with Gasteiger partial charge in [0.2, 0.25) is 6.79 Å². The average molecular weight is 276 g/mol. The van der Waals surface area contributed by atoms with E-state index in [1.165, 1.54) is 4.90 Å². The number of hydrogen-bond donors (Lipinski definition) is 1. The predicted molar refractivity (Wildman–Crippen MR) is 70.3 cm³/mol. The van der Waals surface area contributed by atoms with Crippen LogP contribution in [0.3, 0.4) is 0 Å². The first-order chi connectivity index (χ1) is 9.69. The van der Waals surface area contributed by atoms with E-state index in [1.807, 2.05) is 13.0 Å². The van der Waals surface area contributed by atoms with E-state index in [9.17, 15) is 9.59 Å². The highest BCUT2D eigenvalue weighted by molar-refractivity contribution is 6.04. The molecule has 6 heteroatoms. The molecule has 6 nitrogen and oxygen atoms in total. The van der Waals surface area contributed by atoms with Gasteiger partial charge in [0.05, 0.1) is 6.54 Å². The Morgan fingerprint density at radius 3 is 2.90 bits per heavy atom. The standard InChI is InChI=1S/C14H16N2O4/c1-2-3-10-13(17)16(14(18)15-10)7-9-4-5-11-12(6-9)20-8-19-11/h4-6,10H,2-3,7-8H2,1H3,(H,15,18). The third-order valence-electron chi connectivity index (χ3n) is 3.46. The highest BCUT2D eigenvalue weighted by atomic mass is 16.7. The zero-order valence-corrected chi connectivity index (χ0v) is 11.2. The minimum absolute atomic E-state index is 0.158. The van der Waals surface area contributed by atoms with E-state index < -0.39 is 0 Å². The lowest BCUT2D eigenvalue weighted by Gasteiger charge is -2.13. The average Bonchev–Trinajstić information content (AvgIpc) is 2.99. The largest absolute Gasteiger partial charge is 0.454 e. The Morgan fingerprint density at radius 1 is 1.30 bits per heavy atom. The Balaban J connectivity index is 1.74. The molecule has 20 heavy (non-hydrogen) atoms. The quantitative estimate of drug-likeness (QED) is 0.849. The molecule has 1 saturated heterocycles. The maximum atomic E-state index is 12.1. The molecule has 1 aromatic carbocycles. The van der Waals surface area contributed by atoms with E-state index in [1.54, 1.807) is 12.1 Å². The lowest BCUT2D eigenvalue weighted by Crippen LogP contribution is -2.30. The summed E-state index contributed by atoms with van der Waals surface area (Å²) in [5.41, 5.74) is 0.842. The fraction of sp³-hybridized carbons (Fsp3) is 0.429. The van der Waals surface area contributed by atoms with Crippen molar-refractivity contribution in [2.24, 2.45) is 0 Å². The van der Waals surface area contributed by atoms with E-state index in [4.69, 9.17) is 9.47 Å². The minimum Gasteiger partial charge on any atom is -0.454 e. The van der Waals surface area contributed by atoms with Crippen molar-refractivity contribution in [3.8, 4) is 11.5 Å². The Hall–Kier alpha value is -2.24. The third-order valence-corrected chi connectivity index (χ3v) is 3.46. The van der Waals surface area contributed by atoms with E-state index in [0.29, 0.717) is 17.9 Å². The predicted octanol–water partition coefficient (Wildman–Crippen LogP) is 1.64. The monoisotopic (exact) mass is 276 g/mol. The zero-order chi connectivity index (χ0) is 14.1. The van der Waals surface area contributed by atoms with Crippen molar-refractivity contribution in [2.75, 3.05) is 6.79 Å². The van der Waals surface area contributed by atoms with Crippen molar-refractivity contribution in [3.63, 3.8) is 0 Å². The van der Waals surface area contributed by atoms with Gasteiger partial charge in [-0.05, 0) is 24.1 Å². The normalized spacial score (nSPS) is 20.4. The summed E-state index contributed by atoms with van der Waals surface area (Å²) in [4.78, 5) is 25.2. The number of carbonyl (C=O) groups is 2. The Bertz CT molecular complexity index is 558. The number of ether oxygens (including phenoxy) is 2. The maximum absolute atomic E-state index is 12.1. The first-order valence-corrected chi connectivity index (χ1v) is 6.69. The van der Waals surface area contributed by atoms with Crippen molar-refractivity contribution in [3.05, 3.63) is 23.8 Å². The number of nitrogens with zero attached hydrogens (tertiary/aromatic N) is 1. The molecule has 1 N–H and O–H groups in total. The molecule has 0 saturated carbocycles. The summed E-state index contributed by atoms with van der Waals surface area (Å²) in [6.07, 6.45) is 1.52. The number of amides is 3. The van der Waals surface area contributed by atoms with E-state index in [0.717, 1.165) is 12.0 Å². The minimum atomic E-state index is -0.387. The molecule has 0 aromatic heterocycles. The zero-order valence-electron chi connectivity index (χ0n) is 11.2. The van der Waals surface area contributed by atoms with Crippen molar-refractivity contribution >= 4 is 11.9 Å². The van der Waals surface area contributed by atoms with Gasteiger partial charge in [0.15, 0.2) is 11.5 Å². The highest BCUT2D eigenvalue weighted by Crippen LogP contribution is 2.33. The number of carbonyl (C=O) groups excluding carboxylic acids is 2. The van der Waals surface area contributed by atoms with E-state index in [2.05, 4.69) is 5.32 Å². The summed E-state index contributed by atoms with van der Waals surface area (Å²) in [7, 11) is 0. The Morgan fingerprint density at radius 2 is 2.10 bits per heavy atom. The van der Waals surface area contributed by atoms with E-state index >= 15 is 0 Å². The SMILES string of the molecule is CCCC1NC(=O)N(Cc2ccc3c(c2)OCO3)C1=O. The van der Waals surface area contributed by atoms with Gasteiger partial charge in [-0.2, -0.15) is 0 Å². The first kappa shape index (κ1) is 12.8. The molecule has 1 aromatic rings. The van der Waals surface area contributed by atoms with Crippen LogP contribution in [0.1, 0.15) is 25.3 Å². The molecule has 0 aliphatic carbocycles. The van der Waals surface area contributed by atoms with Crippen molar-refractivity contribution in [1.82, 2.24) is 10.2 Å². The van der Waals surface area contributed by atoms with Crippen molar-refractivity contribution in [2.45, 2.75) is 32.4 Å². The van der Waals surface area contributed by atoms with Crippen LogP contribution in [0.5, 0.6) is 11.5 Å². The number of fused-ring (bicyclic) bond motifs is 1. The lowest BCUT2D eigenvalue weighted by atomic mass is 10.1. The third kappa shape index (κ3) is 2.17. The van der Waals surface area contributed by atoms with Gasteiger partial charge in [-0.25, -0.2) is 4.79 Å². The van der Waals surface area contributed by atoms with Gasteiger partial charge in [0.1, 0.15) is 6.04 Å². The second-order valence-electron chi connectivity index (χ2n) is 4.90. The number of nitrogens with one attached hydrogen (secondary N) is 1. The molecule has 0 bridgehead atoms. The summed E-state index contributed by atoms with van der Waals surface area (Å²) >= 11 is 0. The second-order valence-corrected chi connectivity index (χ2v) is 4.90. The van der Waals surface area contributed by atoms with E-state index in [-0.39, 0.29) is 31.3 Å².